The number of hydrogen-bond acceptors (Lipinski definition) is 3. The van der Waals surface area contributed by atoms with Crippen molar-refractivity contribution in [3.05, 3.63) is 23.7 Å². The van der Waals surface area contributed by atoms with E-state index in [1.165, 1.54) is 19.3 Å². The number of nitrogens with zero attached hydrogens (tertiary/aromatic N) is 1. The minimum Gasteiger partial charge on any atom is -0.465 e. The fraction of sp³-hybridized carbons (Fsp3) is 0.765. The Bertz CT molecular complexity index is 424. The molecule has 1 N–H and O–H groups in total. The van der Waals surface area contributed by atoms with Gasteiger partial charge >= 0.3 is 0 Å². The quantitative estimate of drug-likeness (QED) is 0.894. The zero-order valence-electron chi connectivity index (χ0n) is 13.7. The second-order valence-electron chi connectivity index (χ2n) is 7.12. The van der Waals surface area contributed by atoms with Gasteiger partial charge in [0.05, 0.1) is 6.54 Å². The minimum atomic E-state index is 0.403. The summed E-state index contributed by atoms with van der Waals surface area (Å²) in [6, 6.07) is 4.74. The first-order valence-corrected chi connectivity index (χ1v) is 7.83. The van der Waals surface area contributed by atoms with Crippen molar-refractivity contribution in [3.8, 4) is 0 Å². The van der Waals surface area contributed by atoms with Crippen LogP contribution in [0, 0.1) is 18.3 Å². The molecule has 1 aromatic heterocycles. The van der Waals surface area contributed by atoms with E-state index >= 15 is 0 Å². The van der Waals surface area contributed by atoms with Crippen LogP contribution in [0.4, 0.5) is 0 Å². The van der Waals surface area contributed by atoms with Crippen molar-refractivity contribution in [2.75, 3.05) is 20.6 Å². The van der Waals surface area contributed by atoms with Gasteiger partial charge in [0.2, 0.25) is 0 Å². The molecule has 2 rings (SSSR count). The second kappa shape index (κ2) is 6.31. The molecule has 2 unspecified atom stereocenters. The number of rotatable bonds is 5. The first kappa shape index (κ1) is 15.6. The third-order valence-corrected chi connectivity index (χ3v) is 4.79. The molecular weight excluding hydrogens is 248 g/mol. The van der Waals surface area contributed by atoms with Crippen LogP contribution in [0.15, 0.2) is 16.5 Å². The molecular formula is C17H30N2O. The van der Waals surface area contributed by atoms with Crippen LogP contribution in [-0.4, -0.2) is 31.6 Å². The van der Waals surface area contributed by atoms with Gasteiger partial charge in [-0.2, -0.15) is 0 Å². The first-order valence-electron chi connectivity index (χ1n) is 7.83. The van der Waals surface area contributed by atoms with Crippen molar-refractivity contribution >= 4 is 0 Å². The van der Waals surface area contributed by atoms with Crippen LogP contribution in [0.25, 0.3) is 0 Å². The summed E-state index contributed by atoms with van der Waals surface area (Å²) >= 11 is 0. The molecule has 1 aromatic rings. The van der Waals surface area contributed by atoms with E-state index in [9.17, 15) is 0 Å². The van der Waals surface area contributed by atoms with Crippen LogP contribution < -0.4 is 5.32 Å². The third-order valence-electron chi connectivity index (χ3n) is 4.79. The highest BCUT2D eigenvalue weighted by molar-refractivity contribution is 5.05. The molecule has 2 atom stereocenters. The third kappa shape index (κ3) is 3.64. The number of aryl methyl sites for hydroxylation is 1. The predicted molar refractivity (Wildman–Crippen MR) is 83.7 cm³/mol. The van der Waals surface area contributed by atoms with Gasteiger partial charge < -0.3 is 9.73 Å². The second-order valence-corrected chi connectivity index (χ2v) is 7.12. The molecule has 1 aliphatic rings. The van der Waals surface area contributed by atoms with E-state index in [2.05, 4.69) is 44.2 Å². The van der Waals surface area contributed by atoms with E-state index in [1.807, 2.05) is 13.0 Å². The average molecular weight is 278 g/mol. The summed E-state index contributed by atoms with van der Waals surface area (Å²) in [5, 5.41) is 3.57. The first-order chi connectivity index (χ1) is 9.42. The van der Waals surface area contributed by atoms with Crippen molar-refractivity contribution in [1.82, 2.24) is 10.2 Å². The Kier molecular flexibility index (Phi) is 4.92. The number of hydrogen-bond donors (Lipinski definition) is 1. The Morgan fingerprint density at radius 2 is 2.15 bits per heavy atom. The van der Waals surface area contributed by atoms with Crippen LogP contribution in [0.3, 0.4) is 0 Å². The molecule has 3 heteroatoms. The molecule has 114 valence electrons. The standard InChI is InChI=1S/C17H30N2O/c1-13-8-9-15(20-13)12-19(5)11-14-7-6-10-17(2,3)16(14)18-4/h8-9,14,16,18H,6-7,10-12H2,1-5H3. The van der Waals surface area contributed by atoms with E-state index in [0.29, 0.717) is 11.5 Å². The van der Waals surface area contributed by atoms with Crippen molar-refractivity contribution in [3.63, 3.8) is 0 Å². The number of furan rings is 1. The summed E-state index contributed by atoms with van der Waals surface area (Å²) in [6.07, 6.45) is 4.01. The van der Waals surface area contributed by atoms with Crippen LogP contribution in [-0.2, 0) is 6.54 Å². The topological polar surface area (TPSA) is 28.4 Å². The highest BCUT2D eigenvalue weighted by Crippen LogP contribution is 2.39. The molecule has 0 saturated heterocycles. The number of nitrogens with one attached hydrogen (secondary N) is 1. The van der Waals surface area contributed by atoms with Crippen molar-refractivity contribution in [2.24, 2.45) is 11.3 Å². The zero-order chi connectivity index (χ0) is 14.8. The normalized spacial score (nSPS) is 26.1. The van der Waals surface area contributed by atoms with E-state index in [0.717, 1.165) is 30.5 Å². The van der Waals surface area contributed by atoms with Gasteiger partial charge in [-0.1, -0.05) is 20.3 Å². The van der Waals surface area contributed by atoms with E-state index in [4.69, 9.17) is 4.42 Å². The summed E-state index contributed by atoms with van der Waals surface area (Å²) in [7, 11) is 4.31. The van der Waals surface area contributed by atoms with E-state index in [-0.39, 0.29) is 0 Å². The average Bonchev–Trinajstić information content (AvgIpc) is 2.73. The maximum Gasteiger partial charge on any atom is 0.118 e. The lowest BCUT2D eigenvalue weighted by atomic mass is 9.68. The molecule has 1 fully saturated rings. The lowest BCUT2D eigenvalue weighted by molar-refractivity contribution is 0.0871. The van der Waals surface area contributed by atoms with Crippen molar-refractivity contribution < 1.29 is 4.42 Å². The summed E-state index contributed by atoms with van der Waals surface area (Å²) in [4.78, 5) is 2.40. The van der Waals surface area contributed by atoms with E-state index in [1.54, 1.807) is 0 Å². The van der Waals surface area contributed by atoms with Gasteiger partial charge in [0, 0.05) is 12.6 Å². The van der Waals surface area contributed by atoms with Crippen LogP contribution >= 0.6 is 0 Å². The maximum absolute atomic E-state index is 5.68. The van der Waals surface area contributed by atoms with Crippen LogP contribution in [0.2, 0.25) is 0 Å². The molecule has 0 amide bonds. The highest BCUT2D eigenvalue weighted by atomic mass is 16.3. The van der Waals surface area contributed by atoms with Crippen molar-refractivity contribution in [1.29, 1.82) is 0 Å². The Morgan fingerprint density at radius 1 is 1.40 bits per heavy atom. The zero-order valence-corrected chi connectivity index (χ0v) is 13.7. The fourth-order valence-electron chi connectivity index (χ4n) is 3.90. The lowest BCUT2D eigenvalue weighted by Gasteiger charge is -2.45. The monoisotopic (exact) mass is 278 g/mol. The molecule has 0 aromatic carbocycles. The van der Waals surface area contributed by atoms with Crippen LogP contribution in [0.5, 0.6) is 0 Å². The van der Waals surface area contributed by atoms with Crippen molar-refractivity contribution in [2.45, 2.75) is 52.6 Å². The van der Waals surface area contributed by atoms with E-state index < -0.39 is 0 Å². The SMILES string of the molecule is CNC1C(CN(C)Cc2ccc(C)o2)CCCC1(C)C. The van der Waals surface area contributed by atoms with Gasteiger partial charge in [-0.3, -0.25) is 4.90 Å². The van der Waals surface area contributed by atoms with Gasteiger partial charge in [0.25, 0.3) is 0 Å². The minimum absolute atomic E-state index is 0.403. The predicted octanol–water partition coefficient (Wildman–Crippen LogP) is 3.43. The molecule has 0 radical (unpaired) electrons. The molecule has 0 bridgehead atoms. The maximum atomic E-state index is 5.68. The van der Waals surface area contributed by atoms with Gasteiger partial charge in [-0.05, 0) is 57.3 Å². The Hall–Kier alpha value is -0.800. The molecule has 20 heavy (non-hydrogen) atoms. The Labute approximate surface area is 123 Å². The van der Waals surface area contributed by atoms with Gasteiger partial charge in [0.1, 0.15) is 11.5 Å². The van der Waals surface area contributed by atoms with Gasteiger partial charge in [0.15, 0.2) is 0 Å². The summed E-state index contributed by atoms with van der Waals surface area (Å²) < 4.78 is 5.68. The fourth-order valence-corrected chi connectivity index (χ4v) is 3.90. The summed E-state index contributed by atoms with van der Waals surface area (Å²) in [5.41, 5.74) is 0.403. The lowest BCUT2D eigenvalue weighted by Crippen LogP contribution is -2.51. The largest absolute Gasteiger partial charge is 0.465 e. The van der Waals surface area contributed by atoms with Crippen LogP contribution in [0.1, 0.15) is 44.6 Å². The Balaban J connectivity index is 1.93. The summed E-state index contributed by atoms with van der Waals surface area (Å²) in [6.45, 7) is 8.84. The smallest absolute Gasteiger partial charge is 0.118 e. The molecule has 3 nitrogen and oxygen atoms in total. The summed E-state index contributed by atoms with van der Waals surface area (Å²) in [5.74, 6) is 2.80. The molecule has 0 aliphatic heterocycles. The molecule has 0 spiro atoms. The van der Waals surface area contributed by atoms with Gasteiger partial charge in [-0.25, -0.2) is 0 Å². The molecule has 1 heterocycles. The molecule has 1 aliphatic carbocycles. The van der Waals surface area contributed by atoms with Gasteiger partial charge in [-0.15, -0.1) is 0 Å². The molecule has 1 saturated carbocycles. The Morgan fingerprint density at radius 3 is 2.75 bits per heavy atom. The highest BCUT2D eigenvalue weighted by Gasteiger charge is 2.38.